The molecule has 3 rings (SSSR count). The van der Waals surface area contributed by atoms with Gasteiger partial charge in [0.2, 0.25) is 0 Å². The van der Waals surface area contributed by atoms with E-state index in [2.05, 4.69) is 5.16 Å². The summed E-state index contributed by atoms with van der Waals surface area (Å²) in [5.41, 5.74) is 2.39. The monoisotopic (exact) mass is 417 g/mol. The minimum Gasteiger partial charge on any atom is -0.391 e. The summed E-state index contributed by atoms with van der Waals surface area (Å²) in [5, 5.41) is 4.18. The van der Waals surface area contributed by atoms with Crippen LogP contribution in [0.5, 0.6) is 0 Å². The lowest BCUT2D eigenvalue weighted by Gasteiger charge is -2.14. The molecule has 0 atom stereocenters. The summed E-state index contributed by atoms with van der Waals surface area (Å²) in [6.45, 7) is 1.87. The summed E-state index contributed by atoms with van der Waals surface area (Å²) in [6.07, 6.45) is -4.22. The molecule has 0 spiro atoms. The summed E-state index contributed by atoms with van der Waals surface area (Å²) in [6, 6.07) is 21.1. The molecule has 0 N–H and O–H groups in total. The van der Waals surface area contributed by atoms with Crippen molar-refractivity contribution in [1.82, 2.24) is 0 Å². The Bertz CT molecular complexity index is 983. The van der Waals surface area contributed by atoms with Gasteiger partial charge in [-0.1, -0.05) is 78.3 Å². The predicted molar refractivity (Wildman–Crippen MR) is 110 cm³/mol. The van der Waals surface area contributed by atoms with E-state index in [0.29, 0.717) is 0 Å². The van der Waals surface area contributed by atoms with Gasteiger partial charge in [0.05, 0.1) is 11.3 Å². The molecule has 0 unspecified atom stereocenters. The van der Waals surface area contributed by atoms with Crippen LogP contribution in [-0.2, 0) is 17.6 Å². The molecule has 2 nitrogen and oxygen atoms in total. The van der Waals surface area contributed by atoms with Gasteiger partial charge in [-0.15, -0.1) is 0 Å². The third-order valence-electron chi connectivity index (χ3n) is 4.40. The first kappa shape index (κ1) is 20.9. The number of hydrogen-bond acceptors (Lipinski definition) is 2. The standard InChI is InChI=1S/C23H19ClF3NO/c1-2-22(20-14-19(24)12-13-21(20)23(25,26)27)28-29-15-16-8-10-18(11-9-16)17-6-4-3-5-7-17/h3-14H,2,15H2,1H3/b28-22+. The topological polar surface area (TPSA) is 21.6 Å². The second-order valence-electron chi connectivity index (χ2n) is 6.42. The lowest BCUT2D eigenvalue weighted by Crippen LogP contribution is -2.13. The van der Waals surface area contributed by atoms with Crippen LogP contribution in [0.4, 0.5) is 13.2 Å². The van der Waals surface area contributed by atoms with Crippen molar-refractivity contribution in [3.05, 3.63) is 94.5 Å². The van der Waals surface area contributed by atoms with Crippen molar-refractivity contribution in [2.75, 3.05) is 0 Å². The van der Waals surface area contributed by atoms with Crippen LogP contribution < -0.4 is 0 Å². The molecule has 0 aromatic heterocycles. The summed E-state index contributed by atoms with van der Waals surface area (Å²) < 4.78 is 39.9. The average Bonchev–Trinajstić information content (AvgIpc) is 2.71. The molecule has 0 aliphatic heterocycles. The van der Waals surface area contributed by atoms with Gasteiger partial charge < -0.3 is 4.84 Å². The van der Waals surface area contributed by atoms with Crippen molar-refractivity contribution < 1.29 is 18.0 Å². The van der Waals surface area contributed by atoms with Gasteiger partial charge in [-0.2, -0.15) is 13.2 Å². The van der Waals surface area contributed by atoms with Gasteiger partial charge in [-0.3, -0.25) is 0 Å². The van der Waals surface area contributed by atoms with E-state index < -0.39 is 11.7 Å². The van der Waals surface area contributed by atoms with E-state index in [1.54, 1.807) is 6.92 Å². The molecule has 0 amide bonds. The molecule has 0 saturated heterocycles. The van der Waals surface area contributed by atoms with E-state index >= 15 is 0 Å². The normalized spacial score (nSPS) is 12.1. The molecule has 29 heavy (non-hydrogen) atoms. The van der Waals surface area contributed by atoms with E-state index in [1.165, 1.54) is 12.1 Å². The smallest absolute Gasteiger partial charge is 0.391 e. The third kappa shape index (κ3) is 5.39. The van der Waals surface area contributed by atoms with Gasteiger partial charge in [0.25, 0.3) is 0 Å². The van der Waals surface area contributed by atoms with Crippen molar-refractivity contribution in [1.29, 1.82) is 0 Å². The molecule has 6 heteroatoms. The Balaban J connectivity index is 1.75. The molecule has 0 aliphatic carbocycles. The highest BCUT2D eigenvalue weighted by Gasteiger charge is 2.34. The van der Waals surface area contributed by atoms with Crippen LogP contribution in [-0.4, -0.2) is 5.71 Å². The van der Waals surface area contributed by atoms with E-state index in [0.717, 1.165) is 22.8 Å². The zero-order valence-corrected chi connectivity index (χ0v) is 16.5. The van der Waals surface area contributed by atoms with Crippen molar-refractivity contribution in [2.45, 2.75) is 26.1 Å². The van der Waals surface area contributed by atoms with Crippen molar-refractivity contribution in [3.63, 3.8) is 0 Å². The van der Waals surface area contributed by atoms with Crippen molar-refractivity contribution >= 4 is 17.3 Å². The number of rotatable bonds is 6. The second kappa shape index (κ2) is 9.14. The van der Waals surface area contributed by atoms with Gasteiger partial charge in [0.15, 0.2) is 0 Å². The summed E-state index contributed by atoms with van der Waals surface area (Å²) in [5.74, 6) is 0. The molecule has 0 fully saturated rings. The molecule has 0 aliphatic rings. The maximum Gasteiger partial charge on any atom is 0.417 e. The van der Waals surface area contributed by atoms with Gasteiger partial charge in [0, 0.05) is 10.6 Å². The van der Waals surface area contributed by atoms with Crippen LogP contribution in [0.25, 0.3) is 11.1 Å². The lowest BCUT2D eigenvalue weighted by molar-refractivity contribution is -0.137. The Morgan fingerprint density at radius 3 is 2.21 bits per heavy atom. The van der Waals surface area contributed by atoms with Crippen molar-refractivity contribution in [2.24, 2.45) is 5.16 Å². The first-order valence-electron chi connectivity index (χ1n) is 9.09. The zero-order chi connectivity index (χ0) is 20.9. The number of oxime groups is 1. The molecule has 0 bridgehead atoms. The molecule has 0 heterocycles. The number of halogens is 4. The van der Waals surface area contributed by atoms with Gasteiger partial charge in [-0.05, 0) is 41.3 Å². The Hall–Kier alpha value is -2.79. The quantitative estimate of drug-likeness (QED) is 0.303. The maximum atomic E-state index is 13.3. The summed E-state index contributed by atoms with van der Waals surface area (Å²) >= 11 is 5.90. The Kier molecular flexibility index (Phi) is 6.60. The summed E-state index contributed by atoms with van der Waals surface area (Å²) in [7, 11) is 0. The van der Waals surface area contributed by atoms with Crippen LogP contribution >= 0.6 is 11.6 Å². The molecule has 150 valence electrons. The maximum absolute atomic E-state index is 13.3. The van der Waals surface area contributed by atoms with E-state index in [-0.39, 0.29) is 29.3 Å². The number of alkyl halides is 3. The highest BCUT2D eigenvalue weighted by molar-refractivity contribution is 6.31. The molecule has 3 aromatic rings. The summed E-state index contributed by atoms with van der Waals surface area (Å²) in [4.78, 5) is 5.36. The van der Waals surface area contributed by atoms with Crippen LogP contribution in [0.2, 0.25) is 5.02 Å². The second-order valence-corrected chi connectivity index (χ2v) is 6.85. The molecular formula is C23H19ClF3NO. The van der Waals surface area contributed by atoms with Crippen LogP contribution in [0.3, 0.4) is 0 Å². The molecule has 0 saturated carbocycles. The number of nitrogens with zero attached hydrogens (tertiary/aromatic N) is 1. The fourth-order valence-electron chi connectivity index (χ4n) is 2.92. The Morgan fingerprint density at radius 2 is 1.59 bits per heavy atom. The number of benzene rings is 3. The highest BCUT2D eigenvalue weighted by atomic mass is 35.5. The minimum atomic E-state index is -4.50. The first-order chi connectivity index (χ1) is 13.9. The zero-order valence-electron chi connectivity index (χ0n) is 15.7. The first-order valence-corrected chi connectivity index (χ1v) is 9.46. The van der Waals surface area contributed by atoms with Crippen LogP contribution in [0.1, 0.15) is 30.0 Å². The molecule has 3 aromatic carbocycles. The SMILES string of the molecule is CC/C(=N\OCc1ccc(-c2ccccc2)cc1)c1cc(Cl)ccc1C(F)(F)F. The van der Waals surface area contributed by atoms with Crippen molar-refractivity contribution in [3.8, 4) is 11.1 Å². The molecule has 0 radical (unpaired) electrons. The largest absolute Gasteiger partial charge is 0.417 e. The van der Waals surface area contributed by atoms with E-state index in [9.17, 15) is 13.2 Å². The fraction of sp³-hybridized carbons (Fsp3) is 0.174. The fourth-order valence-corrected chi connectivity index (χ4v) is 3.09. The van der Waals surface area contributed by atoms with Gasteiger partial charge in [0.1, 0.15) is 6.61 Å². The van der Waals surface area contributed by atoms with Gasteiger partial charge >= 0.3 is 6.18 Å². The highest BCUT2D eigenvalue weighted by Crippen LogP contribution is 2.34. The minimum absolute atomic E-state index is 0.0630. The Morgan fingerprint density at radius 1 is 0.931 bits per heavy atom. The lowest BCUT2D eigenvalue weighted by atomic mass is 10.0. The number of hydrogen-bond donors (Lipinski definition) is 0. The van der Waals surface area contributed by atoms with Crippen LogP contribution in [0.15, 0.2) is 78.0 Å². The van der Waals surface area contributed by atoms with E-state index in [4.69, 9.17) is 16.4 Å². The van der Waals surface area contributed by atoms with Gasteiger partial charge in [-0.25, -0.2) is 0 Å². The molecular weight excluding hydrogens is 399 g/mol. The van der Waals surface area contributed by atoms with E-state index in [1.807, 2.05) is 54.6 Å². The average molecular weight is 418 g/mol. The predicted octanol–water partition coefficient (Wildman–Crippen LogP) is 7.36. The third-order valence-corrected chi connectivity index (χ3v) is 4.63. The van der Waals surface area contributed by atoms with Crippen LogP contribution in [0, 0.1) is 0 Å². The Labute approximate surface area is 172 Å².